The predicted octanol–water partition coefficient (Wildman–Crippen LogP) is 2.39. The van der Waals surface area contributed by atoms with Crippen LogP contribution in [-0.2, 0) is 4.79 Å². The molecule has 0 aromatic heterocycles. The monoisotopic (exact) mass is 342 g/mol. The average molecular weight is 343 g/mol. The van der Waals surface area contributed by atoms with E-state index in [1.165, 1.54) is 21.9 Å². The minimum absolute atomic E-state index is 0.0531. The maximum Gasteiger partial charge on any atom is 0.289 e. The molecule has 1 atom stereocenters. The minimum atomic E-state index is -0.508. The lowest BCUT2D eigenvalue weighted by molar-refractivity contribution is -0.126. The van der Waals surface area contributed by atoms with Crippen LogP contribution in [0.3, 0.4) is 0 Å². The van der Waals surface area contributed by atoms with E-state index in [-0.39, 0.29) is 46.0 Å². The van der Waals surface area contributed by atoms with Gasteiger partial charge in [-0.2, -0.15) is 0 Å². The van der Waals surface area contributed by atoms with Crippen molar-refractivity contribution < 1.29 is 18.8 Å². The molecule has 116 valence electrons. The van der Waals surface area contributed by atoms with E-state index in [2.05, 4.69) is 0 Å². The second-order valence-corrected chi connectivity index (χ2v) is 6.47. The van der Waals surface area contributed by atoms with Crippen molar-refractivity contribution in [2.24, 2.45) is 0 Å². The van der Waals surface area contributed by atoms with Gasteiger partial charge in [-0.15, -0.1) is 0 Å². The fourth-order valence-electron chi connectivity index (χ4n) is 2.69. The number of hydrogen-bond donors (Lipinski definition) is 0. The van der Waals surface area contributed by atoms with Crippen LogP contribution in [0.1, 0.15) is 16.8 Å². The van der Waals surface area contributed by atoms with Gasteiger partial charge in [0.1, 0.15) is 5.82 Å². The molecule has 0 saturated carbocycles. The second-order valence-electron chi connectivity index (χ2n) is 5.14. The topological polar surface area (TPSA) is 57.7 Å². The zero-order valence-corrected chi connectivity index (χ0v) is 13.0. The maximum atomic E-state index is 13.0. The quantitative estimate of drug-likeness (QED) is 0.828. The third-order valence-electron chi connectivity index (χ3n) is 3.76. The molecule has 1 aromatic carbocycles. The second kappa shape index (κ2) is 5.89. The van der Waals surface area contributed by atoms with E-state index in [9.17, 15) is 18.8 Å². The van der Waals surface area contributed by atoms with Gasteiger partial charge >= 0.3 is 0 Å². The molecule has 2 heterocycles. The van der Waals surface area contributed by atoms with Gasteiger partial charge < -0.3 is 4.90 Å². The molecule has 2 saturated heterocycles. The summed E-state index contributed by atoms with van der Waals surface area (Å²) in [5, 5.41) is -0.207. The van der Waals surface area contributed by atoms with Gasteiger partial charge in [-0.1, -0.05) is 23.4 Å². The number of nitrogens with zero attached hydrogens (tertiary/aromatic N) is 2. The number of rotatable bonds is 2. The Labute approximate surface area is 135 Å². The van der Waals surface area contributed by atoms with Crippen LogP contribution in [0, 0.1) is 5.82 Å². The average Bonchev–Trinajstić information content (AvgIpc) is 3.05. The molecular formula is C14H12ClFN2O3S. The highest BCUT2D eigenvalue weighted by Crippen LogP contribution is 2.28. The molecule has 2 fully saturated rings. The third kappa shape index (κ3) is 2.70. The lowest BCUT2D eigenvalue weighted by Crippen LogP contribution is -2.41. The Bertz CT molecular complexity index is 653. The molecule has 0 radical (unpaired) electrons. The van der Waals surface area contributed by atoms with E-state index in [4.69, 9.17) is 11.6 Å². The lowest BCUT2D eigenvalue weighted by Gasteiger charge is -2.22. The zero-order valence-electron chi connectivity index (χ0n) is 11.4. The van der Waals surface area contributed by atoms with E-state index in [0.717, 1.165) is 17.8 Å². The van der Waals surface area contributed by atoms with Crippen molar-refractivity contribution in [1.29, 1.82) is 0 Å². The normalized spacial score (nSPS) is 21.8. The Morgan fingerprint density at radius 1 is 1.36 bits per heavy atom. The van der Waals surface area contributed by atoms with Crippen LogP contribution in [0.2, 0.25) is 5.02 Å². The number of hydrogen-bond acceptors (Lipinski definition) is 4. The van der Waals surface area contributed by atoms with Crippen molar-refractivity contribution in [3.8, 4) is 0 Å². The van der Waals surface area contributed by atoms with Crippen molar-refractivity contribution in [1.82, 2.24) is 9.80 Å². The molecule has 2 aliphatic rings. The van der Waals surface area contributed by atoms with Crippen LogP contribution in [0.25, 0.3) is 0 Å². The summed E-state index contributed by atoms with van der Waals surface area (Å²) < 4.78 is 13.0. The SMILES string of the molecule is O=C(c1ccc(F)cc1Cl)N1CC[C@@H](N2C(=O)CSC2=O)C1. The molecule has 0 N–H and O–H groups in total. The van der Waals surface area contributed by atoms with Gasteiger partial charge in [-0.3, -0.25) is 19.3 Å². The lowest BCUT2D eigenvalue weighted by atomic mass is 10.2. The van der Waals surface area contributed by atoms with Crippen LogP contribution >= 0.6 is 23.4 Å². The van der Waals surface area contributed by atoms with Gasteiger partial charge in [0.25, 0.3) is 11.1 Å². The number of likely N-dealkylation sites (tertiary alicyclic amines) is 1. The Hall–Kier alpha value is -1.60. The van der Waals surface area contributed by atoms with Crippen LogP contribution in [0.15, 0.2) is 18.2 Å². The molecule has 22 heavy (non-hydrogen) atoms. The van der Waals surface area contributed by atoms with Gasteiger partial charge in [-0.25, -0.2) is 4.39 Å². The largest absolute Gasteiger partial charge is 0.336 e. The van der Waals surface area contributed by atoms with E-state index in [1.54, 1.807) is 0 Å². The molecule has 0 unspecified atom stereocenters. The molecule has 2 aliphatic heterocycles. The highest BCUT2D eigenvalue weighted by molar-refractivity contribution is 8.14. The van der Waals surface area contributed by atoms with Gasteiger partial charge in [0.15, 0.2) is 0 Å². The maximum absolute atomic E-state index is 13.0. The summed E-state index contributed by atoms with van der Waals surface area (Å²) in [5.74, 6) is -0.882. The van der Waals surface area contributed by atoms with Gasteiger partial charge in [0.05, 0.1) is 22.4 Å². The summed E-state index contributed by atoms with van der Waals surface area (Å²) in [7, 11) is 0. The molecule has 0 spiro atoms. The van der Waals surface area contributed by atoms with Crippen molar-refractivity contribution in [3.63, 3.8) is 0 Å². The van der Waals surface area contributed by atoms with Crippen LogP contribution in [-0.4, -0.2) is 51.7 Å². The first kappa shape index (κ1) is 15.3. The zero-order chi connectivity index (χ0) is 15.9. The number of imide groups is 1. The van der Waals surface area contributed by atoms with E-state index < -0.39 is 5.82 Å². The van der Waals surface area contributed by atoms with E-state index in [1.807, 2.05) is 0 Å². The molecule has 0 aliphatic carbocycles. The Kier molecular flexibility index (Phi) is 4.10. The summed E-state index contributed by atoms with van der Waals surface area (Å²) in [5.41, 5.74) is 0.220. The smallest absolute Gasteiger partial charge is 0.289 e. The summed E-state index contributed by atoms with van der Waals surface area (Å²) in [4.78, 5) is 38.6. The van der Waals surface area contributed by atoms with Crippen molar-refractivity contribution in [2.45, 2.75) is 12.5 Å². The summed E-state index contributed by atoms with van der Waals surface area (Å²) in [6.45, 7) is 0.712. The highest BCUT2D eigenvalue weighted by Gasteiger charge is 2.40. The number of carbonyl (C=O) groups excluding carboxylic acids is 3. The Morgan fingerprint density at radius 2 is 2.14 bits per heavy atom. The third-order valence-corrected chi connectivity index (χ3v) is 4.91. The number of benzene rings is 1. The first-order valence-corrected chi connectivity index (χ1v) is 8.07. The van der Waals surface area contributed by atoms with E-state index in [0.29, 0.717) is 13.0 Å². The van der Waals surface area contributed by atoms with Crippen molar-refractivity contribution in [2.75, 3.05) is 18.8 Å². The fraction of sp³-hybridized carbons (Fsp3) is 0.357. The summed E-state index contributed by atoms with van der Waals surface area (Å²) in [6, 6.07) is 3.32. The number of halogens is 2. The predicted molar refractivity (Wildman–Crippen MR) is 80.4 cm³/mol. The summed E-state index contributed by atoms with van der Waals surface area (Å²) >= 11 is 6.88. The molecular weight excluding hydrogens is 331 g/mol. The summed E-state index contributed by atoms with van der Waals surface area (Å²) in [6.07, 6.45) is 0.544. The molecule has 3 rings (SSSR count). The number of carbonyl (C=O) groups is 3. The minimum Gasteiger partial charge on any atom is -0.336 e. The first-order chi connectivity index (χ1) is 10.5. The molecule has 8 heteroatoms. The number of amides is 3. The van der Waals surface area contributed by atoms with Crippen LogP contribution < -0.4 is 0 Å². The van der Waals surface area contributed by atoms with E-state index >= 15 is 0 Å². The van der Waals surface area contributed by atoms with Crippen LogP contribution in [0.5, 0.6) is 0 Å². The van der Waals surface area contributed by atoms with Crippen molar-refractivity contribution >= 4 is 40.4 Å². The van der Waals surface area contributed by atoms with Gasteiger partial charge in [-0.05, 0) is 24.6 Å². The Morgan fingerprint density at radius 3 is 2.77 bits per heavy atom. The molecule has 3 amide bonds. The molecule has 5 nitrogen and oxygen atoms in total. The first-order valence-electron chi connectivity index (χ1n) is 6.70. The number of thioether (sulfide) groups is 1. The molecule has 1 aromatic rings. The van der Waals surface area contributed by atoms with Gasteiger partial charge in [0, 0.05) is 13.1 Å². The highest BCUT2D eigenvalue weighted by atomic mass is 35.5. The Balaban J connectivity index is 1.73. The van der Waals surface area contributed by atoms with Crippen molar-refractivity contribution in [3.05, 3.63) is 34.6 Å². The van der Waals surface area contributed by atoms with Crippen LogP contribution in [0.4, 0.5) is 9.18 Å². The van der Waals surface area contributed by atoms with Gasteiger partial charge in [0.2, 0.25) is 5.91 Å². The standard InChI is InChI=1S/C14H12ClFN2O3S/c15-11-5-8(16)1-2-10(11)13(20)17-4-3-9(6-17)18-12(19)7-22-14(18)21/h1-2,5,9H,3-4,6-7H2/t9-/m1/s1. The fourth-order valence-corrected chi connectivity index (χ4v) is 3.71. The molecule has 0 bridgehead atoms.